The van der Waals surface area contributed by atoms with Gasteiger partial charge < -0.3 is 10.6 Å². The number of likely N-dealkylation sites (N-methyl/N-ethyl adjacent to an activating group) is 1. The zero-order chi connectivity index (χ0) is 15.4. The van der Waals surface area contributed by atoms with Gasteiger partial charge in [-0.05, 0) is 31.0 Å². The fraction of sp³-hybridized carbons (Fsp3) is 0.684. The number of hydrogen-bond donors (Lipinski definition) is 1. The minimum atomic E-state index is -0.0887. The SMILES string of the molecule is CN1CCN(Cc2cccc(C3(N)CCCCCC3)c2)CC1. The summed E-state index contributed by atoms with van der Waals surface area (Å²) < 4.78 is 0. The predicted octanol–water partition coefficient (Wildman–Crippen LogP) is 2.94. The minimum Gasteiger partial charge on any atom is -0.321 e. The molecule has 0 aromatic heterocycles. The van der Waals surface area contributed by atoms with Crippen molar-refractivity contribution in [1.29, 1.82) is 0 Å². The van der Waals surface area contributed by atoms with E-state index in [1.807, 2.05) is 0 Å². The highest BCUT2D eigenvalue weighted by molar-refractivity contribution is 5.29. The van der Waals surface area contributed by atoms with Crippen molar-refractivity contribution in [2.45, 2.75) is 50.6 Å². The van der Waals surface area contributed by atoms with Crippen LogP contribution in [0.4, 0.5) is 0 Å². The van der Waals surface area contributed by atoms with E-state index in [4.69, 9.17) is 5.73 Å². The van der Waals surface area contributed by atoms with E-state index in [9.17, 15) is 0 Å². The average Bonchev–Trinajstić information content (AvgIpc) is 2.76. The molecular formula is C19H31N3. The van der Waals surface area contributed by atoms with E-state index in [-0.39, 0.29) is 5.54 Å². The smallest absolute Gasteiger partial charge is 0.0409 e. The fourth-order valence-electron chi connectivity index (χ4n) is 3.89. The summed E-state index contributed by atoms with van der Waals surface area (Å²) in [6, 6.07) is 9.10. The second-order valence-electron chi connectivity index (χ2n) is 7.35. The topological polar surface area (TPSA) is 32.5 Å². The zero-order valence-electron chi connectivity index (χ0n) is 14.1. The summed E-state index contributed by atoms with van der Waals surface area (Å²) in [5.74, 6) is 0. The lowest BCUT2D eigenvalue weighted by Crippen LogP contribution is -2.44. The molecule has 1 heterocycles. The summed E-state index contributed by atoms with van der Waals surface area (Å²) in [6.07, 6.45) is 7.54. The Labute approximate surface area is 135 Å². The molecule has 3 rings (SSSR count). The van der Waals surface area contributed by atoms with E-state index in [0.717, 1.165) is 19.4 Å². The molecule has 122 valence electrons. The monoisotopic (exact) mass is 301 g/mol. The summed E-state index contributed by atoms with van der Waals surface area (Å²) in [4.78, 5) is 4.97. The average molecular weight is 301 g/mol. The van der Waals surface area contributed by atoms with Gasteiger partial charge in [0.1, 0.15) is 0 Å². The highest BCUT2D eigenvalue weighted by atomic mass is 15.2. The van der Waals surface area contributed by atoms with Gasteiger partial charge in [0.25, 0.3) is 0 Å². The Balaban J connectivity index is 1.69. The molecule has 3 nitrogen and oxygen atoms in total. The summed E-state index contributed by atoms with van der Waals surface area (Å²) in [5.41, 5.74) is 9.48. The Morgan fingerprint density at radius 2 is 1.68 bits per heavy atom. The molecule has 22 heavy (non-hydrogen) atoms. The first kappa shape index (κ1) is 16.0. The van der Waals surface area contributed by atoms with Crippen molar-refractivity contribution in [3.63, 3.8) is 0 Å². The first-order valence-corrected chi connectivity index (χ1v) is 8.95. The quantitative estimate of drug-likeness (QED) is 0.871. The van der Waals surface area contributed by atoms with Gasteiger partial charge in [-0.3, -0.25) is 4.90 Å². The number of nitrogens with two attached hydrogens (primary N) is 1. The van der Waals surface area contributed by atoms with Crippen LogP contribution < -0.4 is 5.73 Å². The molecule has 0 atom stereocenters. The van der Waals surface area contributed by atoms with Gasteiger partial charge in [-0.25, -0.2) is 0 Å². The van der Waals surface area contributed by atoms with Crippen LogP contribution in [0, 0.1) is 0 Å². The van der Waals surface area contributed by atoms with Crippen molar-refractivity contribution < 1.29 is 0 Å². The second kappa shape index (κ2) is 7.12. The molecule has 3 heteroatoms. The number of benzene rings is 1. The van der Waals surface area contributed by atoms with Gasteiger partial charge in [0.2, 0.25) is 0 Å². The van der Waals surface area contributed by atoms with Crippen LogP contribution in [-0.2, 0) is 12.1 Å². The lowest BCUT2D eigenvalue weighted by atomic mass is 9.83. The van der Waals surface area contributed by atoms with Gasteiger partial charge in [-0.2, -0.15) is 0 Å². The van der Waals surface area contributed by atoms with Crippen molar-refractivity contribution >= 4 is 0 Å². The van der Waals surface area contributed by atoms with Crippen LogP contribution in [0.5, 0.6) is 0 Å². The molecule has 0 spiro atoms. The molecule has 0 bridgehead atoms. The Hall–Kier alpha value is -0.900. The van der Waals surface area contributed by atoms with E-state index < -0.39 is 0 Å². The number of nitrogens with zero attached hydrogens (tertiary/aromatic N) is 2. The van der Waals surface area contributed by atoms with Crippen LogP contribution in [0.3, 0.4) is 0 Å². The van der Waals surface area contributed by atoms with Crippen molar-refractivity contribution in [3.8, 4) is 0 Å². The number of hydrogen-bond acceptors (Lipinski definition) is 3. The summed E-state index contributed by atoms with van der Waals surface area (Å²) in [6.45, 7) is 5.78. The van der Waals surface area contributed by atoms with E-state index in [1.54, 1.807) is 0 Å². The van der Waals surface area contributed by atoms with Gasteiger partial charge in [-0.1, -0.05) is 49.9 Å². The van der Waals surface area contributed by atoms with Crippen molar-refractivity contribution in [1.82, 2.24) is 9.80 Å². The van der Waals surface area contributed by atoms with Gasteiger partial charge >= 0.3 is 0 Å². The number of rotatable bonds is 3. The van der Waals surface area contributed by atoms with Crippen LogP contribution in [0.1, 0.15) is 49.7 Å². The van der Waals surface area contributed by atoms with E-state index in [1.165, 1.54) is 63.0 Å². The van der Waals surface area contributed by atoms with Crippen molar-refractivity contribution in [2.24, 2.45) is 5.73 Å². The van der Waals surface area contributed by atoms with Crippen molar-refractivity contribution in [3.05, 3.63) is 35.4 Å². The van der Waals surface area contributed by atoms with E-state index >= 15 is 0 Å². The van der Waals surface area contributed by atoms with Crippen LogP contribution in [0.25, 0.3) is 0 Å². The van der Waals surface area contributed by atoms with Crippen LogP contribution >= 0.6 is 0 Å². The Morgan fingerprint density at radius 3 is 2.36 bits per heavy atom. The molecule has 2 N–H and O–H groups in total. The normalized spacial score (nSPS) is 24.1. The lowest BCUT2D eigenvalue weighted by molar-refractivity contribution is 0.148. The molecule has 1 saturated heterocycles. The molecule has 1 saturated carbocycles. The first-order chi connectivity index (χ1) is 10.7. The van der Waals surface area contributed by atoms with E-state index in [0.29, 0.717) is 0 Å². The third-order valence-corrected chi connectivity index (χ3v) is 5.50. The van der Waals surface area contributed by atoms with Gasteiger partial charge in [0.05, 0.1) is 0 Å². The molecule has 0 unspecified atom stereocenters. The standard InChI is InChI=1S/C19H31N3/c1-21-11-13-22(14-12-21)16-17-7-6-8-18(15-17)19(20)9-4-2-3-5-10-19/h6-8,15H,2-5,9-14,16,20H2,1H3. The van der Waals surface area contributed by atoms with Gasteiger partial charge in [-0.15, -0.1) is 0 Å². The summed E-state index contributed by atoms with van der Waals surface area (Å²) >= 11 is 0. The molecule has 1 aromatic rings. The lowest BCUT2D eigenvalue weighted by Gasteiger charge is -2.33. The summed E-state index contributed by atoms with van der Waals surface area (Å²) in [7, 11) is 2.21. The van der Waals surface area contributed by atoms with E-state index in [2.05, 4.69) is 41.1 Å². The first-order valence-electron chi connectivity index (χ1n) is 8.95. The predicted molar refractivity (Wildman–Crippen MR) is 92.8 cm³/mol. The third kappa shape index (κ3) is 3.89. The van der Waals surface area contributed by atoms with Crippen molar-refractivity contribution in [2.75, 3.05) is 33.2 Å². The number of piperazine rings is 1. The molecule has 1 aliphatic heterocycles. The Kier molecular flexibility index (Phi) is 5.17. The third-order valence-electron chi connectivity index (χ3n) is 5.50. The van der Waals surface area contributed by atoms with Crippen LogP contribution in [0.15, 0.2) is 24.3 Å². The zero-order valence-corrected chi connectivity index (χ0v) is 14.1. The fourth-order valence-corrected chi connectivity index (χ4v) is 3.89. The molecule has 1 aromatic carbocycles. The maximum Gasteiger partial charge on any atom is 0.0409 e. The van der Waals surface area contributed by atoms with Crippen LogP contribution in [-0.4, -0.2) is 43.0 Å². The highest BCUT2D eigenvalue weighted by Gasteiger charge is 2.28. The Bertz CT molecular complexity index is 469. The molecular weight excluding hydrogens is 270 g/mol. The maximum absolute atomic E-state index is 6.78. The van der Waals surface area contributed by atoms with Gasteiger partial charge in [0.15, 0.2) is 0 Å². The summed E-state index contributed by atoms with van der Waals surface area (Å²) in [5, 5.41) is 0. The molecule has 0 amide bonds. The minimum absolute atomic E-state index is 0.0887. The van der Waals surface area contributed by atoms with Gasteiger partial charge in [0, 0.05) is 38.3 Å². The molecule has 0 radical (unpaired) electrons. The molecule has 2 aliphatic rings. The molecule has 1 aliphatic carbocycles. The molecule has 2 fully saturated rings. The highest BCUT2D eigenvalue weighted by Crippen LogP contribution is 2.34. The largest absolute Gasteiger partial charge is 0.321 e. The second-order valence-corrected chi connectivity index (χ2v) is 7.35. The Morgan fingerprint density at radius 1 is 1.00 bits per heavy atom. The maximum atomic E-state index is 6.78. The van der Waals surface area contributed by atoms with Crippen LogP contribution in [0.2, 0.25) is 0 Å².